The number of carbonyl (C=O) groups is 3. The number of hydrogen-bond acceptors (Lipinski definition) is 9. The van der Waals surface area contributed by atoms with Gasteiger partial charge in [0, 0.05) is 43.5 Å². The van der Waals surface area contributed by atoms with Crippen molar-refractivity contribution in [2.75, 3.05) is 49.6 Å². The fourth-order valence-electron chi connectivity index (χ4n) is 3.81. The van der Waals surface area contributed by atoms with Crippen LogP contribution in [0.2, 0.25) is 0 Å². The molecule has 36 heavy (non-hydrogen) atoms. The molecule has 1 aromatic heterocycles. The second-order valence-electron chi connectivity index (χ2n) is 8.18. The van der Waals surface area contributed by atoms with Crippen molar-refractivity contribution in [2.24, 2.45) is 5.73 Å². The van der Waals surface area contributed by atoms with Gasteiger partial charge in [0.15, 0.2) is 11.5 Å². The van der Waals surface area contributed by atoms with E-state index in [0.717, 1.165) is 0 Å². The number of nitrogens with one attached hydrogen (secondary N) is 2. The summed E-state index contributed by atoms with van der Waals surface area (Å²) in [5, 5.41) is 12.5. The number of nitrogens with two attached hydrogens (primary N) is 1. The van der Waals surface area contributed by atoms with Gasteiger partial charge < -0.3 is 30.9 Å². The number of aromatic nitrogens is 3. The van der Waals surface area contributed by atoms with Crippen LogP contribution in [0.15, 0.2) is 24.3 Å². The van der Waals surface area contributed by atoms with Crippen molar-refractivity contribution < 1.29 is 32.3 Å². The van der Waals surface area contributed by atoms with Crippen molar-refractivity contribution >= 4 is 35.2 Å². The third-order valence-corrected chi connectivity index (χ3v) is 5.67. The fourth-order valence-corrected chi connectivity index (χ4v) is 3.81. The largest absolute Gasteiger partial charge is 0.471 e. The summed E-state index contributed by atoms with van der Waals surface area (Å²) in [4.78, 5) is 43.2. The number of hydrogen-bond donors (Lipinski definition) is 3. The lowest BCUT2D eigenvalue weighted by atomic mass is 10.1. The first-order valence-corrected chi connectivity index (χ1v) is 11.0. The first-order valence-electron chi connectivity index (χ1n) is 11.0. The number of primary amides is 1. The van der Waals surface area contributed by atoms with Crippen molar-refractivity contribution in [1.82, 2.24) is 25.4 Å². The Morgan fingerprint density at radius 3 is 2.39 bits per heavy atom. The Hall–Kier alpha value is -4.01. The number of alkyl halides is 3. The second-order valence-corrected chi connectivity index (χ2v) is 8.18. The van der Waals surface area contributed by atoms with Crippen LogP contribution < -0.4 is 21.3 Å². The SMILES string of the molecule is NC(=O)c1nnc(N2CC[C@@H](NC(=O)C(F)(F)F)C2)nc1Nc1ccc(C(=O)N2CCOCC2)cc1. The molecule has 3 amide bonds. The molecule has 3 heterocycles. The van der Waals surface area contributed by atoms with Gasteiger partial charge in [0.25, 0.3) is 11.8 Å². The normalized spacial score (nSPS) is 18.1. The van der Waals surface area contributed by atoms with Gasteiger partial charge in [-0.25, -0.2) is 0 Å². The van der Waals surface area contributed by atoms with E-state index in [9.17, 15) is 27.6 Å². The predicted octanol–water partition coefficient (Wildman–Crippen LogP) is 0.444. The molecule has 0 unspecified atom stereocenters. The van der Waals surface area contributed by atoms with E-state index in [-0.39, 0.29) is 42.9 Å². The molecule has 4 N–H and O–H groups in total. The average molecular weight is 508 g/mol. The first-order chi connectivity index (χ1) is 17.1. The summed E-state index contributed by atoms with van der Waals surface area (Å²) in [6, 6.07) is 5.73. The minimum atomic E-state index is -4.98. The standard InChI is InChI=1S/C21H23F3N8O4/c22-21(23,24)19(35)27-14-5-6-32(11-14)20-28-17(15(16(25)33)29-30-20)26-13-3-1-12(2-4-13)18(34)31-7-9-36-10-8-31/h1-4,14H,5-11H2,(H2,25,33)(H,27,35)(H,26,28,30)/t14-/m1/s1. The smallest absolute Gasteiger partial charge is 0.378 e. The number of carbonyl (C=O) groups excluding carboxylic acids is 3. The number of amides is 3. The van der Waals surface area contributed by atoms with Gasteiger partial charge in [0.2, 0.25) is 5.95 Å². The molecule has 1 aromatic carbocycles. The lowest BCUT2D eigenvalue weighted by Gasteiger charge is -2.26. The van der Waals surface area contributed by atoms with Crippen LogP contribution in [0.1, 0.15) is 27.3 Å². The Morgan fingerprint density at radius 1 is 1.06 bits per heavy atom. The zero-order chi connectivity index (χ0) is 25.9. The van der Waals surface area contributed by atoms with Crippen LogP contribution in [-0.4, -0.2) is 89.4 Å². The molecule has 12 nitrogen and oxygen atoms in total. The third kappa shape index (κ3) is 5.79. The second kappa shape index (κ2) is 10.3. The number of rotatable bonds is 6. The summed E-state index contributed by atoms with van der Waals surface area (Å²) in [5.41, 5.74) is 6.10. The van der Waals surface area contributed by atoms with Gasteiger partial charge in [-0.2, -0.15) is 18.2 Å². The van der Waals surface area contributed by atoms with E-state index >= 15 is 0 Å². The molecule has 1 atom stereocenters. The number of morpholine rings is 1. The highest BCUT2D eigenvalue weighted by Crippen LogP contribution is 2.23. The Morgan fingerprint density at radius 2 is 1.75 bits per heavy atom. The number of anilines is 3. The summed E-state index contributed by atoms with van der Waals surface area (Å²) in [7, 11) is 0. The molecule has 2 aliphatic heterocycles. The highest BCUT2D eigenvalue weighted by molar-refractivity contribution is 5.97. The monoisotopic (exact) mass is 508 g/mol. The van der Waals surface area contributed by atoms with Crippen LogP contribution in [-0.2, 0) is 9.53 Å². The minimum Gasteiger partial charge on any atom is -0.378 e. The van der Waals surface area contributed by atoms with E-state index in [1.807, 2.05) is 5.32 Å². The molecule has 4 rings (SSSR count). The van der Waals surface area contributed by atoms with Crippen molar-refractivity contribution in [3.8, 4) is 0 Å². The Labute approximate surface area is 203 Å². The fraction of sp³-hybridized carbons (Fsp3) is 0.429. The summed E-state index contributed by atoms with van der Waals surface area (Å²) < 4.78 is 42.8. The maximum Gasteiger partial charge on any atom is 0.471 e. The molecule has 2 saturated heterocycles. The first kappa shape index (κ1) is 25.1. The maximum atomic E-state index is 12.6. The molecular weight excluding hydrogens is 485 g/mol. The molecule has 15 heteroatoms. The molecule has 0 bridgehead atoms. The zero-order valence-electron chi connectivity index (χ0n) is 18.9. The van der Waals surface area contributed by atoms with Crippen molar-refractivity contribution in [1.29, 1.82) is 0 Å². The minimum absolute atomic E-state index is 0.0115. The maximum absolute atomic E-state index is 12.6. The topological polar surface area (TPSA) is 156 Å². The lowest BCUT2D eigenvalue weighted by Crippen LogP contribution is -2.44. The molecule has 0 saturated carbocycles. The van der Waals surface area contributed by atoms with Crippen LogP contribution in [0.5, 0.6) is 0 Å². The van der Waals surface area contributed by atoms with Crippen molar-refractivity contribution in [3.63, 3.8) is 0 Å². The molecular formula is C21H23F3N8O4. The summed E-state index contributed by atoms with van der Waals surface area (Å²) in [6.07, 6.45) is -4.74. The third-order valence-electron chi connectivity index (χ3n) is 5.67. The van der Waals surface area contributed by atoms with Crippen molar-refractivity contribution in [3.05, 3.63) is 35.5 Å². The average Bonchev–Trinajstić information content (AvgIpc) is 3.32. The lowest BCUT2D eigenvalue weighted by molar-refractivity contribution is -0.174. The summed E-state index contributed by atoms with van der Waals surface area (Å²) in [6.45, 7) is 2.27. The number of nitrogens with zero attached hydrogens (tertiary/aromatic N) is 5. The number of halogens is 3. The van der Waals surface area contributed by atoms with Gasteiger partial charge in [-0.3, -0.25) is 14.4 Å². The van der Waals surface area contributed by atoms with Gasteiger partial charge in [-0.15, -0.1) is 10.2 Å². The highest BCUT2D eigenvalue weighted by Gasteiger charge is 2.41. The molecule has 0 aliphatic carbocycles. The van der Waals surface area contributed by atoms with E-state index in [1.165, 1.54) is 4.90 Å². The molecule has 192 valence electrons. The predicted molar refractivity (Wildman–Crippen MR) is 120 cm³/mol. The van der Waals surface area contributed by atoms with Crippen molar-refractivity contribution in [2.45, 2.75) is 18.6 Å². The Bertz CT molecular complexity index is 1140. The highest BCUT2D eigenvalue weighted by atomic mass is 19.4. The molecule has 0 radical (unpaired) electrons. The van der Waals surface area contributed by atoms with E-state index in [1.54, 1.807) is 29.2 Å². The molecule has 2 aliphatic rings. The quantitative estimate of drug-likeness (QED) is 0.504. The van der Waals surface area contributed by atoms with Crippen LogP contribution in [0, 0.1) is 0 Å². The molecule has 2 fully saturated rings. The van der Waals surface area contributed by atoms with Crippen LogP contribution in [0.25, 0.3) is 0 Å². The zero-order valence-corrected chi connectivity index (χ0v) is 18.9. The number of benzene rings is 1. The van der Waals surface area contributed by atoms with Gasteiger partial charge in [0.05, 0.1) is 13.2 Å². The van der Waals surface area contributed by atoms with E-state index in [0.29, 0.717) is 37.6 Å². The molecule has 2 aromatic rings. The van der Waals surface area contributed by atoms with Crippen LogP contribution >= 0.6 is 0 Å². The van der Waals surface area contributed by atoms with Crippen LogP contribution in [0.3, 0.4) is 0 Å². The summed E-state index contributed by atoms with van der Waals surface area (Å²) >= 11 is 0. The van der Waals surface area contributed by atoms with E-state index in [2.05, 4.69) is 20.5 Å². The van der Waals surface area contributed by atoms with Gasteiger partial charge in [-0.1, -0.05) is 0 Å². The van der Waals surface area contributed by atoms with Gasteiger partial charge in [-0.05, 0) is 30.7 Å². The van der Waals surface area contributed by atoms with Gasteiger partial charge in [0.1, 0.15) is 0 Å². The Kier molecular flexibility index (Phi) is 7.19. The van der Waals surface area contributed by atoms with E-state index in [4.69, 9.17) is 10.5 Å². The Balaban J connectivity index is 1.47. The molecule has 0 spiro atoms. The summed E-state index contributed by atoms with van der Waals surface area (Å²) in [5.74, 6) is -3.00. The van der Waals surface area contributed by atoms with Gasteiger partial charge >= 0.3 is 12.1 Å². The van der Waals surface area contributed by atoms with Crippen LogP contribution in [0.4, 0.5) is 30.6 Å². The number of ether oxygens (including phenoxy) is 1. The van der Waals surface area contributed by atoms with E-state index < -0.39 is 24.0 Å².